The van der Waals surface area contributed by atoms with E-state index in [9.17, 15) is 24.3 Å². The van der Waals surface area contributed by atoms with Gasteiger partial charge >= 0.3 is 5.97 Å². The summed E-state index contributed by atoms with van der Waals surface area (Å²) in [6.07, 6.45) is 5.67. The lowest BCUT2D eigenvalue weighted by Crippen LogP contribution is -2.30. The Morgan fingerprint density at radius 3 is 2.47 bits per heavy atom. The van der Waals surface area contributed by atoms with Crippen molar-refractivity contribution < 1.29 is 33.8 Å². The first-order valence-corrected chi connectivity index (χ1v) is 17.5. The number of rotatable bonds is 12. The summed E-state index contributed by atoms with van der Waals surface area (Å²) >= 11 is 2.78. The number of esters is 1. The molecule has 3 amide bonds. The van der Waals surface area contributed by atoms with Gasteiger partial charge in [-0.15, -0.1) is 23.1 Å². The van der Waals surface area contributed by atoms with E-state index in [1.165, 1.54) is 55.5 Å². The molecule has 12 heteroatoms. The van der Waals surface area contributed by atoms with E-state index < -0.39 is 23.0 Å². The monoisotopic (exact) mass is 699 g/mol. The van der Waals surface area contributed by atoms with Crippen LogP contribution >= 0.6 is 23.1 Å². The number of benzene rings is 3. The molecule has 1 unspecified atom stereocenters. The summed E-state index contributed by atoms with van der Waals surface area (Å²) in [5.41, 5.74) is 2.64. The largest absolute Gasteiger partial charge is 0.508 e. The lowest BCUT2D eigenvalue weighted by molar-refractivity contribution is -0.116. The van der Waals surface area contributed by atoms with Crippen molar-refractivity contribution in [3.05, 3.63) is 106 Å². The predicted molar refractivity (Wildman–Crippen MR) is 192 cm³/mol. The van der Waals surface area contributed by atoms with E-state index >= 15 is 0 Å². The number of carbonyl (C=O) groups is 4. The van der Waals surface area contributed by atoms with Crippen molar-refractivity contribution in [2.75, 3.05) is 24.9 Å². The zero-order chi connectivity index (χ0) is 34.9. The number of anilines is 2. The van der Waals surface area contributed by atoms with Crippen molar-refractivity contribution in [1.82, 2.24) is 5.32 Å². The standard InChI is InChI=1S/C37H37N3O7S2/c1-4-30(35(44)40-36-32(37(45)47-3)27-15-8-9-16-31(27)49-36)48-26-14-10-13-24(20-26)38-34(43)28(39-33(42)22-11-6-5-7-12-22)19-23-17-18-25(41)21-29(23)46-2/h5-7,10-14,17-21,30,41H,4,8-9,15-16H2,1-3H3,(H,38,43)(H,39,42)(H,40,44)/b28-19+. The second-order valence-electron chi connectivity index (χ2n) is 11.2. The Bertz CT molecular complexity index is 1890. The minimum Gasteiger partial charge on any atom is -0.508 e. The van der Waals surface area contributed by atoms with E-state index in [4.69, 9.17) is 9.47 Å². The van der Waals surface area contributed by atoms with Crippen LogP contribution in [0.5, 0.6) is 11.5 Å². The first-order valence-electron chi connectivity index (χ1n) is 15.8. The molecule has 1 aliphatic rings. The number of nitrogens with one attached hydrogen (secondary N) is 3. The zero-order valence-corrected chi connectivity index (χ0v) is 29.0. The fourth-order valence-electron chi connectivity index (χ4n) is 5.41. The summed E-state index contributed by atoms with van der Waals surface area (Å²) in [7, 11) is 2.78. The number of hydrogen-bond donors (Lipinski definition) is 4. The van der Waals surface area contributed by atoms with Gasteiger partial charge in [0.2, 0.25) is 5.91 Å². The van der Waals surface area contributed by atoms with Crippen molar-refractivity contribution in [1.29, 1.82) is 0 Å². The summed E-state index contributed by atoms with van der Waals surface area (Å²) in [6, 6.07) is 20.0. The van der Waals surface area contributed by atoms with Gasteiger partial charge in [-0.3, -0.25) is 14.4 Å². The smallest absolute Gasteiger partial charge is 0.341 e. The third kappa shape index (κ3) is 8.70. The summed E-state index contributed by atoms with van der Waals surface area (Å²) in [6.45, 7) is 1.91. The van der Waals surface area contributed by atoms with Crippen molar-refractivity contribution in [3.8, 4) is 11.5 Å². The third-order valence-corrected chi connectivity index (χ3v) is 10.4. The van der Waals surface area contributed by atoms with Crippen molar-refractivity contribution >= 4 is 63.6 Å². The maximum absolute atomic E-state index is 13.7. The summed E-state index contributed by atoms with van der Waals surface area (Å²) in [5.74, 6) is -1.47. The Balaban J connectivity index is 1.34. The van der Waals surface area contributed by atoms with Crippen LogP contribution < -0.4 is 20.7 Å². The molecule has 5 rings (SSSR count). The van der Waals surface area contributed by atoms with Gasteiger partial charge in [0.1, 0.15) is 22.2 Å². The SMILES string of the molecule is CCC(Sc1cccc(NC(=O)/C(=C\c2ccc(O)cc2OC)NC(=O)c2ccccc2)c1)C(=O)Nc1sc2c(c1C(=O)OC)CCCC2. The minimum absolute atomic E-state index is 0.0138. The minimum atomic E-state index is -0.594. The molecule has 0 saturated heterocycles. The van der Waals surface area contributed by atoms with Crippen molar-refractivity contribution in [3.63, 3.8) is 0 Å². The molecular weight excluding hydrogens is 663 g/mol. The van der Waals surface area contributed by atoms with Gasteiger partial charge < -0.3 is 30.5 Å². The molecule has 1 atom stereocenters. The predicted octanol–water partition coefficient (Wildman–Crippen LogP) is 7.05. The number of carbonyl (C=O) groups excluding carboxylic acids is 4. The van der Waals surface area contributed by atoms with Crippen LogP contribution in [-0.4, -0.2) is 48.3 Å². The fourth-order valence-corrected chi connectivity index (χ4v) is 7.71. The molecule has 254 valence electrons. The van der Waals surface area contributed by atoms with Gasteiger partial charge in [-0.05, 0) is 86.2 Å². The average molecular weight is 700 g/mol. The molecule has 0 bridgehead atoms. The highest BCUT2D eigenvalue weighted by Gasteiger charge is 2.29. The number of aryl methyl sites for hydroxylation is 1. The number of thiophene rings is 1. The maximum Gasteiger partial charge on any atom is 0.341 e. The fraction of sp³-hybridized carbons (Fsp3) is 0.243. The first-order chi connectivity index (χ1) is 23.7. The number of methoxy groups -OCH3 is 2. The molecule has 49 heavy (non-hydrogen) atoms. The lowest BCUT2D eigenvalue weighted by atomic mass is 9.95. The molecule has 0 fully saturated rings. The number of aromatic hydroxyl groups is 1. The van der Waals surface area contributed by atoms with Crippen molar-refractivity contribution in [2.24, 2.45) is 0 Å². The second-order valence-corrected chi connectivity index (χ2v) is 13.6. The molecule has 0 radical (unpaired) electrons. The lowest BCUT2D eigenvalue weighted by Gasteiger charge is -2.16. The summed E-state index contributed by atoms with van der Waals surface area (Å²) < 4.78 is 10.4. The van der Waals surface area contributed by atoms with E-state index in [0.717, 1.165) is 41.0 Å². The van der Waals surface area contributed by atoms with Gasteiger partial charge in [0.15, 0.2) is 0 Å². The van der Waals surface area contributed by atoms with Gasteiger partial charge in [0.05, 0.1) is 25.0 Å². The molecular formula is C37H37N3O7S2. The topological polar surface area (TPSA) is 143 Å². The van der Waals surface area contributed by atoms with E-state index in [-0.39, 0.29) is 17.4 Å². The van der Waals surface area contributed by atoms with Gasteiger partial charge in [-0.2, -0.15) is 0 Å². The summed E-state index contributed by atoms with van der Waals surface area (Å²) in [5, 5.41) is 18.5. The highest BCUT2D eigenvalue weighted by Crippen LogP contribution is 2.39. The van der Waals surface area contributed by atoms with Gasteiger partial charge in [-0.25, -0.2) is 4.79 Å². The average Bonchev–Trinajstić information content (AvgIpc) is 3.48. The number of hydrogen-bond acceptors (Lipinski definition) is 9. The molecule has 10 nitrogen and oxygen atoms in total. The van der Waals surface area contributed by atoms with Crippen LogP contribution in [0.2, 0.25) is 0 Å². The molecule has 4 aromatic rings. The molecule has 1 aromatic heterocycles. The molecule has 0 saturated carbocycles. The number of amides is 3. The number of phenolic OH excluding ortho intramolecular Hbond substituents is 1. The normalized spacial score (nSPS) is 13.1. The first kappa shape index (κ1) is 35.2. The van der Waals surface area contributed by atoms with Crippen LogP contribution in [0.25, 0.3) is 6.08 Å². The molecule has 0 aliphatic heterocycles. The van der Waals surface area contributed by atoms with Crippen LogP contribution in [0.4, 0.5) is 10.7 Å². The summed E-state index contributed by atoms with van der Waals surface area (Å²) in [4.78, 5) is 54.8. The van der Waals surface area contributed by atoms with E-state index in [2.05, 4.69) is 16.0 Å². The molecule has 4 N–H and O–H groups in total. The quantitative estimate of drug-likeness (QED) is 0.0701. The highest BCUT2D eigenvalue weighted by atomic mass is 32.2. The molecule has 3 aromatic carbocycles. The Morgan fingerprint density at radius 2 is 1.73 bits per heavy atom. The maximum atomic E-state index is 13.7. The van der Waals surface area contributed by atoms with E-state index in [1.807, 2.05) is 13.0 Å². The second kappa shape index (κ2) is 16.4. The molecule has 1 aliphatic carbocycles. The Kier molecular flexibility index (Phi) is 11.8. The van der Waals surface area contributed by atoms with E-state index in [0.29, 0.717) is 39.5 Å². The highest BCUT2D eigenvalue weighted by molar-refractivity contribution is 8.00. The Labute approximate surface area is 292 Å². The van der Waals surface area contributed by atoms with Crippen LogP contribution in [0.15, 0.2) is 83.4 Å². The third-order valence-electron chi connectivity index (χ3n) is 7.88. The Morgan fingerprint density at radius 1 is 0.959 bits per heavy atom. The number of fused-ring (bicyclic) bond motifs is 1. The molecule has 1 heterocycles. The number of phenols is 1. The van der Waals surface area contributed by atoms with Crippen LogP contribution in [0, 0.1) is 0 Å². The van der Waals surface area contributed by atoms with Crippen LogP contribution in [-0.2, 0) is 27.2 Å². The number of ether oxygens (including phenoxy) is 2. The van der Waals surface area contributed by atoms with Crippen molar-refractivity contribution in [2.45, 2.75) is 49.2 Å². The van der Waals surface area contributed by atoms with Gasteiger partial charge in [0.25, 0.3) is 11.8 Å². The van der Waals surface area contributed by atoms with Gasteiger partial charge in [-0.1, -0.05) is 31.2 Å². The van der Waals surface area contributed by atoms with E-state index in [1.54, 1.807) is 54.6 Å². The zero-order valence-electron chi connectivity index (χ0n) is 27.3. The molecule has 0 spiro atoms. The van der Waals surface area contributed by atoms with Gasteiger partial charge in [0, 0.05) is 32.7 Å². The Hall–Kier alpha value is -5.07. The van der Waals surface area contributed by atoms with Crippen LogP contribution in [0.1, 0.15) is 62.9 Å². The van der Waals surface area contributed by atoms with Crippen LogP contribution in [0.3, 0.4) is 0 Å². The number of thioether (sulfide) groups is 1.